The summed E-state index contributed by atoms with van der Waals surface area (Å²) < 4.78 is 17.9. The molecule has 1 heterocycles. The van der Waals surface area contributed by atoms with E-state index in [9.17, 15) is 4.79 Å². The molecule has 2 atom stereocenters. The van der Waals surface area contributed by atoms with Gasteiger partial charge >= 0.3 is 0 Å². The summed E-state index contributed by atoms with van der Waals surface area (Å²) in [5.41, 5.74) is 6.05. The number of nitrogens with zero attached hydrogens (tertiary/aromatic N) is 1. The number of hydrogen-bond donors (Lipinski definition) is 3. The zero-order valence-corrected chi connectivity index (χ0v) is 21.4. The fourth-order valence-corrected chi connectivity index (χ4v) is 4.25. The van der Waals surface area contributed by atoms with Crippen molar-refractivity contribution < 1.29 is 24.1 Å². The Labute approximate surface area is 214 Å². The minimum Gasteiger partial charge on any atom is -0.494 e. The number of carbonyl (C=O) groups excluding carboxylic acids is 1. The number of rotatable bonds is 14. The van der Waals surface area contributed by atoms with Crippen LogP contribution in [-0.4, -0.2) is 55.9 Å². The van der Waals surface area contributed by atoms with Crippen LogP contribution in [0.3, 0.4) is 0 Å². The molecule has 0 fully saturated rings. The molecule has 0 unspecified atom stereocenters. The van der Waals surface area contributed by atoms with Gasteiger partial charge in [0, 0.05) is 55.3 Å². The number of aliphatic imine (C=N–C) groups is 1. The van der Waals surface area contributed by atoms with Crippen molar-refractivity contribution in [2.45, 2.75) is 30.9 Å². The van der Waals surface area contributed by atoms with Gasteiger partial charge in [0.15, 0.2) is 11.6 Å². The first-order valence-electron chi connectivity index (χ1n) is 11.5. The number of benzene rings is 2. The second kappa shape index (κ2) is 13.4. The molecule has 1 aliphatic heterocycles. The van der Waals surface area contributed by atoms with Crippen LogP contribution in [0.5, 0.6) is 5.75 Å². The Hall–Kier alpha value is -2.72. The molecule has 2 aromatic rings. The third kappa shape index (κ3) is 6.70. The molecule has 0 aromatic heterocycles. The lowest BCUT2D eigenvalue weighted by Gasteiger charge is -2.30. The molecule has 35 heavy (non-hydrogen) atoms. The molecule has 1 aliphatic rings. The van der Waals surface area contributed by atoms with Crippen molar-refractivity contribution in [1.29, 1.82) is 0 Å². The third-order valence-corrected chi connectivity index (χ3v) is 6.25. The molecular formula is C26H32BrN3O5. The van der Waals surface area contributed by atoms with Gasteiger partial charge in [-0.05, 0) is 36.8 Å². The zero-order chi connectivity index (χ0) is 25.1. The predicted octanol–water partition coefficient (Wildman–Crippen LogP) is 3.70. The van der Waals surface area contributed by atoms with E-state index in [0.29, 0.717) is 37.8 Å². The average Bonchev–Trinajstić information content (AvgIpc) is 3.25. The van der Waals surface area contributed by atoms with Gasteiger partial charge in [-0.25, -0.2) is 10.4 Å². The summed E-state index contributed by atoms with van der Waals surface area (Å²) in [6.45, 7) is 5.53. The van der Waals surface area contributed by atoms with Crippen molar-refractivity contribution in [1.82, 2.24) is 10.9 Å². The van der Waals surface area contributed by atoms with Gasteiger partial charge in [0.2, 0.25) is 5.90 Å². The zero-order valence-electron chi connectivity index (χ0n) is 19.8. The third-order valence-electron chi connectivity index (χ3n) is 5.53. The van der Waals surface area contributed by atoms with Crippen LogP contribution in [0.1, 0.15) is 36.5 Å². The Bertz CT molecular complexity index is 1010. The number of methoxy groups -OCH3 is 1. The standard InChI is InChI=1S/C26H32BrN3O5/c1-3-14-26(25(32)30-28-15-6-17-33-2)23(21-8-4-5-9-22(21)27)35-24(29-26)19-10-12-20(13-11-19)34-18-7-16-31/h3-5,8-13,23,28,31H,1,6-7,14-18H2,2H3,(H,30,32)/t23-,26-/m0/s1. The molecule has 0 radical (unpaired) electrons. The van der Waals surface area contributed by atoms with E-state index in [0.717, 1.165) is 22.0 Å². The van der Waals surface area contributed by atoms with Crippen molar-refractivity contribution in [3.63, 3.8) is 0 Å². The van der Waals surface area contributed by atoms with Crippen LogP contribution in [0, 0.1) is 0 Å². The van der Waals surface area contributed by atoms with E-state index < -0.39 is 11.6 Å². The summed E-state index contributed by atoms with van der Waals surface area (Å²) >= 11 is 3.60. The number of aliphatic hydroxyl groups excluding tert-OH is 1. The summed E-state index contributed by atoms with van der Waals surface area (Å²) in [4.78, 5) is 18.4. The lowest BCUT2D eigenvalue weighted by atomic mass is 9.84. The Morgan fingerprint density at radius 2 is 2.00 bits per heavy atom. The van der Waals surface area contributed by atoms with E-state index in [1.54, 1.807) is 13.2 Å². The van der Waals surface area contributed by atoms with Gasteiger partial charge in [0.05, 0.1) is 6.61 Å². The summed E-state index contributed by atoms with van der Waals surface area (Å²) in [6.07, 6.45) is 2.59. The van der Waals surface area contributed by atoms with Crippen molar-refractivity contribution in [2.24, 2.45) is 4.99 Å². The molecule has 0 bridgehead atoms. The first-order chi connectivity index (χ1) is 17.1. The molecule has 9 heteroatoms. The largest absolute Gasteiger partial charge is 0.494 e. The average molecular weight is 546 g/mol. The highest BCUT2D eigenvalue weighted by Crippen LogP contribution is 2.44. The number of amides is 1. The van der Waals surface area contributed by atoms with Crippen molar-refractivity contribution >= 4 is 27.7 Å². The van der Waals surface area contributed by atoms with E-state index in [2.05, 4.69) is 33.4 Å². The van der Waals surface area contributed by atoms with Crippen LogP contribution >= 0.6 is 15.9 Å². The Balaban J connectivity index is 1.91. The second-order valence-electron chi connectivity index (χ2n) is 8.03. The lowest BCUT2D eigenvalue weighted by Crippen LogP contribution is -2.52. The van der Waals surface area contributed by atoms with Gasteiger partial charge in [0.1, 0.15) is 5.75 Å². The SMILES string of the molecule is C=CC[C@]1(C(=O)NNCCCOC)N=C(c2ccc(OCCCO)cc2)O[C@H]1c1ccccc1Br. The normalized spacial score (nSPS) is 19.1. The van der Waals surface area contributed by atoms with Crippen LogP contribution in [0.2, 0.25) is 0 Å². The maximum atomic E-state index is 13.6. The minimum atomic E-state index is -1.26. The fraction of sp³-hybridized carbons (Fsp3) is 0.385. The van der Waals surface area contributed by atoms with Crippen LogP contribution in [-0.2, 0) is 14.3 Å². The highest BCUT2D eigenvalue weighted by atomic mass is 79.9. The summed E-state index contributed by atoms with van der Waals surface area (Å²) in [7, 11) is 1.64. The van der Waals surface area contributed by atoms with Crippen LogP contribution in [0.4, 0.5) is 0 Å². The van der Waals surface area contributed by atoms with E-state index in [4.69, 9.17) is 24.3 Å². The maximum absolute atomic E-state index is 13.6. The highest BCUT2D eigenvalue weighted by Gasteiger charge is 2.53. The van der Waals surface area contributed by atoms with Gasteiger partial charge < -0.3 is 19.3 Å². The van der Waals surface area contributed by atoms with E-state index in [1.165, 1.54) is 0 Å². The monoisotopic (exact) mass is 545 g/mol. The molecule has 8 nitrogen and oxygen atoms in total. The molecule has 0 spiro atoms. The molecule has 2 aromatic carbocycles. The number of halogens is 1. The van der Waals surface area contributed by atoms with Crippen molar-refractivity contribution in [2.75, 3.05) is 33.5 Å². The summed E-state index contributed by atoms with van der Waals surface area (Å²) in [5.74, 6) is 0.733. The van der Waals surface area contributed by atoms with Gasteiger partial charge in [-0.1, -0.05) is 40.2 Å². The number of ether oxygens (including phenoxy) is 3. The quantitative estimate of drug-likeness (QED) is 0.190. The van der Waals surface area contributed by atoms with Crippen LogP contribution < -0.4 is 15.6 Å². The van der Waals surface area contributed by atoms with Gasteiger partial charge in [0.25, 0.3) is 5.91 Å². The molecule has 1 amide bonds. The number of hydrogen-bond acceptors (Lipinski definition) is 7. The lowest BCUT2D eigenvalue weighted by molar-refractivity contribution is -0.129. The van der Waals surface area contributed by atoms with Gasteiger partial charge in [-0.15, -0.1) is 6.58 Å². The first kappa shape index (κ1) is 26.9. The van der Waals surface area contributed by atoms with E-state index >= 15 is 0 Å². The molecule has 188 valence electrons. The first-order valence-corrected chi connectivity index (χ1v) is 12.3. The number of carbonyl (C=O) groups is 1. The maximum Gasteiger partial charge on any atom is 0.266 e. The topological polar surface area (TPSA) is 101 Å². The fourth-order valence-electron chi connectivity index (χ4n) is 3.76. The Kier molecular flexibility index (Phi) is 10.3. The summed E-state index contributed by atoms with van der Waals surface area (Å²) in [5, 5.41) is 8.93. The molecule has 0 saturated carbocycles. The molecule has 3 N–H and O–H groups in total. The van der Waals surface area contributed by atoms with Crippen molar-refractivity contribution in [3.05, 3.63) is 76.8 Å². The van der Waals surface area contributed by atoms with Gasteiger partial charge in [-0.3, -0.25) is 10.2 Å². The van der Waals surface area contributed by atoms with E-state index in [-0.39, 0.29) is 18.9 Å². The summed E-state index contributed by atoms with van der Waals surface area (Å²) in [6, 6.07) is 15.0. The van der Waals surface area contributed by atoms with Crippen LogP contribution in [0.25, 0.3) is 0 Å². The minimum absolute atomic E-state index is 0.0772. The van der Waals surface area contributed by atoms with Gasteiger partial charge in [-0.2, -0.15) is 0 Å². The smallest absolute Gasteiger partial charge is 0.266 e. The second-order valence-corrected chi connectivity index (χ2v) is 8.89. The number of hydrazine groups is 1. The molecule has 0 saturated heterocycles. The Morgan fingerprint density at radius 1 is 1.23 bits per heavy atom. The van der Waals surface area contributed by atoms with Crippen molar-refractivity contribution in [3.8, 4) is 5.75 Å². The van der Waals surface area contributed by atoms with Crippen LogP contribution in [0.15, 0.2) is 70.7 Å². The molecule has 3 rings (SSSR count). The predicted molar refractivity (Wildman–Crippen MR) is 138 cm³/mol. The Morgan fingerprint density at radius 3 is 2.69 bits per heavy atom. The highest BCUT2D eigenvalue weighted by molar-refractivity contribution is 9.10. The number of nitrogens with one attached hydrogen (secondary N) is 2. The molecule has 0 aliphatic carbocycles. The molecular weight excluding hydrogens is 514 g/mol. The number of aliphatic hydroxyl groups is 1. The van der Waals surface area contributed by atoms with E-state index in [1.807, 2.05) is 48.5 Å².